The van der Waals surface area contributed by atoms with Gasteiger partial charge in [-0.05, 0) is 24.5 Å². The molecule has 1 aromatic rings. The van der Waals surface area contributed by atoms with Crippen LogP contribution in [0.1, 0.15) is 18.9 Å². The third-order valence-corrected chi connectivity index (χ3v) is 3.00. The summed E-state index contributed by atoms with van der Waals surface area (Å²) < 4.78 is 27.1. The van der Waals surface area contributed by atoms with E-state index < -0.39 is 11.6 Å². The molecule has 0 aliphatic heterocycles. The monoisotopic (exact) mass is 242 g/mol. The Morgan fingerprint density at radius 3 is 2.31 bits per heavy atom. The molecule has 5 heteroatoms. The van der Waals surface area contributed by atoms with Crippen LogP contribution in [0.3, 0.4) is 0 Å². The summed E-state index contributed by atoms with van der Waals surface area (Å²) in [6, 6.07) is 2.47. The van der Waals surface area contributed by atoms with Gasteiger partial charge in [0, 0.05) is 11.6 Å². The highest BCUT2D eigenvalue weighted by atomic mass is 32.1. The second kappa shape index (κ2) is 3.97. The maximum absolute atomic E-state index is 13.6. The zero-order valence-electron chi connectivity index (χ0n) is 8.76. The Morgan fingerprint density at radius 1 is 1.44 bits per heavy atom. The molecule has 2 rings (SSSR count). The minimum Gasteiger partial charge on any atom is -0.389 e. The summed E-state index contributed by atoms with van der Waals surface area (Å²) in [6.45, 7) is 2.02. The van der Waals surface area contributed by atoms with Crippen molar-refractivity contribution in [1.29, 1.82) is 0 Å². The molecule has 1 aromatic carbocycles. The minimum absolute atomic E-state index is 0.0101. The first-order valence-corrected chi connectivity index (χ1v) is 5.45. The van der Waals surface area contributed by atoms with Crippen LogP contribution in [0.5, 0.6) is 0 Å². The minimum atomic E-state index is -0.651. The summed E-state index contributed by atoms with van der Waals surface area (Å²) in [6.07, 6.45) is 0.940. The fourth-order valence-electron chi connectivity index (χ4n) is 1.56. The Balaban J connectivity index is 2.28. The Morgan fingerprint density at radius 2 is 1.94 bits per heavy atom. The fraction of sp³-hybridized carbons (Fsp3) is 0.364. The van der Waals surface area contributed by atoms with E-state index in [1.165, 1.54) is 0 Å². The third kappa shape index (κ3) is 2.14. The van der Waals surface area contributed by atoms with Crippen LogP contribution < -0.4 is 11.1 Å². The lowest BCUT2D eigenvalue weighted by molar-refractivity contribution is 0.586. The summed E-state index contributed by atoms with van der Waals surface area (Å²) in [5.74, 6) is -0.835. The third-order valence-electron chi connectivity index (χ3n) is 2.77. The van der Waals surface area contributed by atoms with E-state index in [1.54, 1.807) is 0 Å². The first-order chi connectivity index (χ1) is 7.49. The lowest BCUT2D eigenvalue weighted by Gasteiger charge is -2.09. The van der Waals surface area contributed by atoms with Crippen molar-refractivity contribution >= 4 is 22.9 Å². The van der Waals surface area contributed by atoms with Gasteiger partial charge in [-0.1, -0.05) is 19.1 Å². The van der Waals surface area contributed by atoms with Gasteiger partial charge in [-0.15, -0.1) is 0 Å². The van der Waals surface area contributed by atoms with Gasteiger partial charge >= 0.3 is 0 Å². The quantitative estimate of drug-likeness (QED) is 0.799. The van der Waals surface area contributed by atoms with Crippen molar-refractivity contribution in [3.63, 3.8) is 0 Å². The molecular formula is C11H12F2N2S. The second-order valence-corrected chi connectivity index (χ2v) is 4.58. The maximum Gasteiger partial charge on any atom is 0.150 e. The van der Waals surface area contributed by atoms with Gasteiger partial charge in [-0.25, -0.2) is 8.78 Å². The van der Waals surface area contributed by atoms with Gasteiger partial charge in [0.25, 0.3) is 0 Å². The van der Waals surface area contributed by atoms with E-state index in [2.05, 4.69) is 17.5 Å². The number of hydrogen-bond donors (Lipinski definition) is 2. The number of benzene rings is 1. The molecule has 0 aromatic heterocycles. The average Bonchev–Trinajstić information content (AvgIpc) is 2.87. The zero-order chi connectivity index (χ0) is 11.9. The topological polar surface area (TPSA) is 38.0 Å². The number of halogens is 2. The molecule has 2 atom stereocenters. The van der Waals surface area contributed by atoms with Crippen LogP contribution in [-0.2, 0) is 0 Å². The number of nitrogens with one attached hydrogen (secondary N) is 1. The first-order valence-electron chi connectivity index (χ1n) is 5.04. The molecule has 0 saturated heterocycles. The van der Waals surface area contributed by atoms with Gasteiger partial charge in [0.2, 0.25) is 0 Å². The lowest BCUT2D eigenvalue weighted by atomic mass is 10.2. The van der Waals surface area contributed by atoms with E-state index in [1.807, 2.05) is 6.92 Å². The Bertz CT molecular complexity index is 425. The molecule has 86 valence electrons. The molecule has 3 N–H and O–H groups in total. The molecule has 0 bridgehead atoms. The standard InChI is InChI=1S/C11H12F2N2S/c1-5-2-9(5)15-10-7(12)3-6(11(14)16)4-8(10)13/h3-5,9,15H,2H2,1H3,(H2,14,16). The number of rotatable bonds is 3. The molecule has 1 aliphatic rings. The van der Waals surface area contributed by atoms with Gasteiger partial charge in [0.05, 0.1) is 0 Å². The highest BCUT2D eigenvalue weighted by molar-refractivity contribution is 7.80. The van der Waals surface area contributed by atoms with Crippen molar-refractivity contribution < 1.29 is 8.78 Å². The van der Waals surface area contributed by atoms with Gasteiger partial charge in [0.1, 0.15) is 22.3 Å². The zero-order valence-corrected chi connectivity index (χ0v) is 9.57. The van der Waals surface area contributed by atoms with E-state index in [0.717, 1.165) is 18.6 Å². The van der Waals surface area contributed by atoms with E-state index in [4.69, 9.17) is 5.73 Å². The van der Waals surface area contributed by atoms with Crippen molar-refractivity contribution in [1.82, 2.24) is 0 Å². The van der Waals surface area contributed by atoms with E-state index in [0.29, 0.717) is 5.92 Å². The predicted octanol–water partition coefficient (Wildman–Crippen LogP) is 2.42. The van der Waals surface area contributed by atoms with Crippen LogP contribution in [0.4, 0.5) is 14.5 Å². The highest BCUT2D eigenvalue weighted by Crippen LogP contribution is 2.34. The van der Waals surface area contributed by atoms with Gasteiger partial charge < -0.3 is 11.1 Å². The van der Waals surface area contributed by atoms with Crippen LogP contribution in [0.15, 0.2) is 12.1 Å². The van der Waals surface area contributed by atoms with E-state index in [-0.39, 0.29) is 22.3 Å². The van der Waals surface area contributed by atoms with Gasteiger partial charge in [0.15, 0.2) is 0 Å². The smallest absolute Gasteiger partial charge is 0.150 e. The van der Waals surface area contributed by atoms with E-state index >= 15 is 0 Å². The molecule has 1 fully saturated rings. The molecule has 1 saturated carbocycles. The molecule has 16 heavy (non-hydrogen) atoms. The Kier molecular flexibility index (Phi) is 2.80. The van der Waals surface area contributed by atoms with Crippen LogP contribution >= 0.6 is 12.2 Å². The van der Waals surface area contributed by atoms with Crippen LogP contribution in [0.2, 0.25) is 0 Å². The van der Waals surface area contributed by atoms with Crippen molar-refractivity contribution in [3.8, 4) is 0 Å². The van der Waals surface area contributed by atoms with E-state index in [9.17, 15) is 8.78 Å². The van der Waals surface area contributed by atoms with Crippen molar-refractivity contribution in [3.05, 3.63) is 29.3 Å². The van der Waals surface area contributed by atoms with Gasteiger partial charge in [-0.2, -0.15) is 0 Å². The molecule has 0 amide bonds. The summed E-state index contributed by atoms with van der Waals surface area (Å²) >= 11 is 4.67. The predicted molar refractivity (Wildman–Crippen MR) is 63.4 cm³/mol. The molecular weight excluding hydrogens is 230 g/mol. The van der Waals surface area contributed by atoms with Gasteiger partial charge in [-0.3, -0.25) is 0 Å². The normalized spacial score (nSPS) is 22.9. The Labute approximate surface area is 97.8 Å². The molecule has 0 spiro atoms. The summed E-state index contributed by atoms with van der Waals surface area (Å²) in [5, 5.41) is 2.83. The maximum atomic E-state index is 13.6. The van der Waals surface area contributed by atoms with Crippen LogP contribution in [-0.4, -0.2) is 11.0 Å². The first kappa shape index (κ1) is 11.3. The van der Waals surface area contributed by atoms with Crippen molar-refractivity contribution in [2.45, 2.75) is 19.4 Å². The summed E-state index contributed by atoms with van der Waals surface area (Å²) in [4.78, 5) is -0.0101. The molecule has 2 unspecified atom stereocenters. The summed E-state index contributed by atoms with van der Waals surface area (Å²) in [7, 11) is 0. The van der Waals surface area contributed by atoms with Crippen molar-refractivity contribution in [2.24, 2.45) is 11.7 Å². The van der Waals surface area contributed by atoms with Crippen LogP contribution in [0.25, 0.3) is 0 Å². The molecule has 0 radical (unpaired) electrons. The molecule has 0 heterocycles. The lowest BCUT2D eigenvalue weighted by Crippen LogP contribution is -2.13. The number of thiocarbonyl (C=S) groups is 1. The van der Waals surface area contributed by atoms with Crippen molar-refractivity contribution in [2.75, 3.05) is 5.32 Å². The fourth-order valence-corrected chi connectivity index (χ4v) is 1.68. The summed E-state index contributed by atoms with van der Waals surface area (Å²) in [5.41, 5.74) is 5.43. The highest BCUT2D eigenvalue weighted by Gasteiger charge is 2.33. The SMILES string of the molecule is CC1CC1Nc1c(F)cc(C(N)=S)cc1F. The molecule has 1 aliphatic carbocycles. The Hall–Kier alpha value is -1.23. The largest absolute Gasteiger partial charge is 0.389 e. The number of hydrogen-bond acceptors (Lipinski definition) is 2. The number of nitrogens with two attached hydrogens (primary N) is 1. The average molecular weight is 242 g/mol. The number of anilines is 1. The van der Waals surface area contributed by atoms with Crippen LogP contribution in [0, 0.1) is 17.6 Å². The molecule has 2 nitrogen and oxygen atoms in total. The second-order valence-electron chi connectivity index (χ2n) is 4.14.